The topological polar surface area (TPSA) is 150 Å². The summed E-state index contributed by atoms with van der Waals surface area (Å²) in [5, 5.41) is 0. The number of ether oxygens (including phenoxy) is 6. The van der Waals surface area contributed by atoms with E-state index in [2.05, 4.69) is 0 Å². The Balaban J connectivity index is 2.94. The first-order chi connectivity index (χ1) is 19.7. The van der Waals surface area contributed by atoms with E-state index in [4.69, 9.17) is 34.2 Å². The predicted molar refractivity (Wildman–Crippen MR) is 156 cm³/mol. The number of rotatable bonds is 17. The maximum atomic E-state index is 12.7. The van der Waals surface area contributed by atoms with Crippen LogP contribution in [0, 0.1) is 5.92 Å². The van der Waals surface area contributed by atoms with Crippen molar-refractivity contribution in [3.05, 3.63) is 23.8 Å². The van der Waals surface area contributed by atoms with E-state index in [1.807, 2.05) is 27.7 Å². The van der Waals surface area contributed by atoms with Crippen molar-refractivity contribution in [2.24, 2.45) is 11.7 Å². The van der Waals surface area contributed by atoms with E-state index in [0.717, 1.165) is 12.8 Å². The Hall–Kier alpha value is -3.34. The summed E-state index contributed by atoms with van der Waals surface area (Å²) >= 11 is 0. The van der Waals surface area contributed by atoms with Crippen LogP contribution in [0.4, 0.5) is 9.59 Å². The highest BCUT2D eigenvalue weighted by Crippen LogP contribution is 2.30. The van der Waals surface area contributed by atoms with Crippen LogP contribution < -0.4 is 15.2 Å². The van der Waals surface area contributed by atoms with Gasteiger partial charge in [-0.2, -0.15) is 0 Å². The fraction of sp³-hybridized carbons (Fsp3) is 0.677. The molecule has 0 aliphatic heterocycles. The molecule has 0 amide bonds. The van der Waals surface area contributed by atoms with E-state index < -0.39 is 36.5 Å². The molecule has 2 unspecified atom stereocenters. The van der Waals surface area contributed by atoms with Gasteiger partial charge < -0.3 is 34.2 Å². The second kappa shape index (κ2) is 19.0. The molecule has 0 heterocycles. The maximum absolute atomic E-state index is 12.7. The fourth-order valence-corrected chi connectivity index (χ4v) is 3.80. The van der Waals surface area contributed by atoms with Gasteiger partial charge in [0, 0.05) is 6.42 Å². The summed E-state index contributed by atoms with van der Waals surface area (Å²) in [6.45, 7) is 14.7. The van der Waals surface area contributed by atoms with Gasteiger partial charge in [0.1, 0.15) is 30.5 Å². The zero-order valence-electron chi connectivity index (χ0n) is 26.3. The van der Waals surface area contributed by atoms with E-state index >= 15 is 0 Å². The molecular weight excluding hydrogens is 546 g/mol. The van der Waals surface area contributed by atoms with Crippen molar-refractivity contribution >= 4 is 24.2 Å². The molecule has 1 rings (SSSR count). The number of esters is 2. The van der Waals surface area contributed by atoms with E-state index in [1.165, 1.54) is 12.1 Å². The molecule has 11 nitrogen and oxygen atoms in total. The first kappa shape index (κ1) is 36.7. The van der Waals surface area contributed by atoms with E-state index in [1.54, 1.807) is 33.8 Å². The molecule has 0 spiro atoms. The molecular formula is C31H49NO10. The van der Waals surface area contributed by atoms with Gasteiger partial charge in [-0.1, -0.05) is 46.6 Å². The summed E-state index contributed by atoms with van der Waals surface area (Å²) in [6, 6.07) is 3.34. The zero-order valence-corrected chi connectivity index (χ0v) is 26.3. The summed E-state index contributed by atoms with van der Waals surface area (Å²) in [4.78, 5) is 49.5. The Kier molecular flexibility index (Phi) is 16.6. The standard InChI is InChI=1S/C31H49NO10/c1-9-11-20(5)37-30(35)41-26-15-14-24(18-27(26)42-31(36)38-21(6)12-10-2)17-25(32)29(34)40-23(8)22(7)39-28(33)16-13-19(3)4/h14-15,18-23,25H,9-13,16-17,32H2,1-8H3/t20?,21?,22-,23-,25-/m0/s1. The molecule has 0 radical (unpaired) electrons. The predicted octanol–water partition coefficient (Wildman–Crippen LogP) is 6.26. The van der Waals surface area contributed by atoms with Crippen LogP contribution in [-0.2, 0) is 35.0 Å². The van der Waals surface area contributed by atoms with Crippen LogP contribution in [0.2, 0.25) is 0 Å². The summed E-state index contributed by atoms with van der Waals surface area (Å²) in [5.74, 6) is -0.852. The molecule has 11 heteroatoms. The second-order valence-electron chi connectivity index (χ2n) is 11.0. The van der Waals surface area contributed by atoms with Crippen molar-refractivity contribution in [3.8, 4) is 11.5 Å². The largest absolute Gasteiger partial charge is 0.514 e. The lowest BCUT2D eigenvalue weighted by Gasteiger charge is -2.22. The molecule has 42 heavy (non-hydrogen) atoms. The number of hydrogen-bond donors (Lipinski definition) is 1. The molecule has 0 aliphatic rings. The molecule has 0 fully saturated rings. The third-order valence-electron chi connectivity index (χ3n) is 6.34. The number of hydrogen-bond acceptors (Lipinski definition) is 11. The van der Waals surface area contributed by atoms with Gasteiger partial charge in [0.15, 0.2) is 11.5 Å². The van der Waals surface area contributed by atoms with E-state index in [0.29, 0.717) is 30.7 Å². The quantitative estimate of drug-likeness (QED) is 0.123. The van der Waals surface area contributed by atoms with Crippen LogP contribution in [0.3, 0.4) is 0 Å². The fourth-order valence-electron chi connectivity index (χ4n) is 3.80. The monoisotopic (exact) mass is 595 g/mol. The van der Waals surface area contributed by atoms with Crippen molar-refractivity contribution in [2.45, 2.75) is 131 Å². The van der Waals surface area contributed by atoms with Crippen LogP contribution >= 0.6 is 0 Å². The Morgan fingerprint density at radius 2 is 1.24 bits per heavy atom. The van der Waals surface area contributed by atoms with Gasteiger partial charge >= 0.3 is 24.2 Å². The Labute approximate surface area is 249 Å². The second-order valence-corrected chi connectivity index (χ2v) is 11.0. The van der Waals surface area contributed by atoms with Crippen molar-refractivity contribution < 1.29 is 47.6 Å². The molecule has 1 aromatic carbocycles. The lowest BCUT2D eigenvalue weighted by Crippen LogP contribution is -2.39. The van der Waals surface area contributed by atoms with Crippen LogP contribution in [0.1, 0.15) is 99.5 Å². The molecule has 0 bridgehead atoms. The smallest absolute Gasteiger partial charge is 0.459 e. The minimum absolute atomic E-state index is 0.0179. The van der Waals surface area contributed by atoms with Crippen molar-refractivity contribution in [3.63, 3.8) is 0 Å². The molecule has 0 saturated carbocycles. The number of benzene rings is 1. The van der Waals surface area contributed by atoms with Crippen LogP contribution in [-0.4, -0.2) is 54.7 Å². The summed E-state index contributed by atoms with van der Waals surface area (Å²) in [6.07, 6.45) is -0.0902. The molecule has 0 aromatic heterocycles. The summed E-state index contributed by atoms with van der Waals surface area (Å²) < 4.78 is 32.0. The SMILES string of the molecule is CCCC(C)OC(=O)Oc1ccc(C[C@H](N)C(=O)O[C@@H](C)[C@H](C)OC(=O)CCC(C)C)cc1OC(=O)OC(C)CCC. The Bertz CT molecular complexity index is 1010. The van der Waals surface area contributed by atoms with Gasteiger partial charge in [-0.05, 0) is 77.0 Å². The highest BCUT2D eigenvalue weighted by Gasteiger charge is 2.25. The van der Waals surface area contributed by atoms with Gasteiger partial charge in [0.2, 0.25) is 0 Å². The minimum Gasteiger partial charge on any atom is -0.459 e. The lowest BCUT2D eigenvalue weighted by atomic mass is 10.1. The average Bonchev–Trinajstić information content (AvgIpc) is 2.88. The zero-order chi connectivity index (χ0) is 31.8. The van der Waals surface area contributed by atoms with Gasteiger partial charge in [0.05, 0.1) is 0 Å². The van der Waals surface area contributed by atoms with Crippen LogP contribution in [0.25, 0.3) is 0 Å². The Morgan fingerprint density at radius 3 is 1.76 bits per heavy atom. The maximum Gasteiger partial charge on any atom is 0.514 e. The number of carbonyl (C=O) groups excluding carboxylic acids is 4. The van der Waals surface area contributed by atoms with Gasteiger partial charge in [0.25, 0.3) is 0 Å². The van der Waals surface area contributed by atoms with Crippen molar-refractivity contribution in [1.29, 1.82) is 0 Å². The summed E-state index contributed by atoms with van der Waals surface area (Å²) in [5.41, 5.74) is 6.62. The number of nitrogens with two attached hydrogens (primary N) is 1. The molecule has 0 aliphatic carbocycles. The van der Waals surface area contributed by atoms with Gasteiger partial charge in [-0.3, -0.25) is 9.59 Å². The minimum atomic E-state index is -1.08. The molecule has 238 valence electrons. The molecule has 2 N–H and O–H groups in total. The van der Waals surface area contributed by atoms with E-state index in [9.17, 15) is 19.2 Å². The third kappa shape index (κ3) is 14.5. The lowest BCUT2D eigenvalue weighted by molar-refractivity contribution is -0.166. The molecule has 1 aromatic rings. The van der Waals surface area contributed by atoms with Crippen LogP contribution in [0.5, 0.6) is 11.5 Å². The molecule has 5 atom stereocenters. The normalized spacial score (nSPS) is 14.6. The van der Waals surface area contributed by atoms with Crippen LogP contribution in [0.15, 0.2) is 18.2 Å². The highest BCUT2D eigenvalue weighted by atomic mass is 16.7. The van der Waals surface area contributed by atoms with Crippen molar-refractivity contribution in [2.75, 3.05) is 0 Å². The van der Waals surface area contributed by atoms with Gasteiger partial charge in [-0.25, -0.2) is 9.59 Å². The first-order valence-corrected chi connectivity index (χ1v) is 14.8. The molecule has 0 saturated heterocycles. The Morgan fingerprint density at radius 1 is 0.714 bits per heavy atom. The highest BCUT2D eigenvalue weighted by molar-refractivity contribution is 5.76. The van der Waals surface area contributed by atoms with Crippen molar-refractivity contribution in [1.82, 2.24) is 0 Å². The van der Waals surface area contributed by atoms with E-state index in [-0.39, 0.29) is 42.5 Å². The number of carbonyl (C=O) groups is 4. The van der Waals surface area contributed by atoms with Gasteiger partial charge in [-0.15, -0.1) is 0 Å². The summed E-state index contributed by atoms with van der Waals surface area (Å²) in [7, 11) is 0. The first-order valence-electron chi connectivity index (χ1n) is 14.8. The average molecular weight is 596 g/mol. The third-order valence-corrected chi connectivity index (χ3v) is 6.34.